The van der Waals surface area contributed by atoms with Gasteiger partial charge in [-0.15, -0.1) is 0 Å². The maximum Gasteiger partial charge on any atom is 1.00 e. The van der Waals surface area contributed by atoms with Crippen LogP contribution in [0, 0.1) is 34.5 Å². The van der Waals surface area contributed by atoms with Crippen LogP contribution in [0.15, 0.2) is 0 Å². The first-order valence-electron chi connectivity index (χ1n) is 9.75. The third kappa shape index (κ3) is 2.65. The van der Waals surface area contributed by atoms with E-state index in [-0.39, 0.29) is 46.3 Å². The Kier molecular flexibility index (Phi) is 5.14. The Morgan fingerprint density at radius 3 is 2.40 bits per heavy atom. The van der Waals surface area contributed by atoms with Crippen molar-refractivity contribution in [2.45, 2.75) is 71.3 Å². The molecule has 4 aliphatic rings. The molecule has 3 saturated carbocycles. The molecule has 0 aromatic heterocycles. The monoisotopic (exact) mass is 355 g/mol. The molecule has 0 spiro atoms. The van der Waals surface area contributed by atoms with Crippen molar-refractivity contribution in [3.63, 3.8) is 0 Å². The van der Waals surface area contributed by atoms with Gasteiger partial charge in [-0.1, -0.05) is 13.8 Å². The third-order valence-corrected chi connectivity index (χ3v) is 8.84. The van der Waals surface area contributed by atoms with Gasteiger partial charge >= 0.3 is 29.6 Å². The third-order valence-electron chi connectivity index (χ3n) is 8.84. The fraction of sp³-hybridized carbons (Fsp3) is 0.900. The summed E-state index contributed by atoms with van der Waals surface area (Å²) in [6.45, 7) is 4.62. The number of carboxylic acid groups (broad SMARTS) is 1. The minimum Gasteiger partial charge on any atom is -0.550 e. The zero-order valence-corrected chi connectivity index (χ0v) is 18.2. The zero-order valence-electron chi connectivity index (χ0n) is 16.2. The molecule has 1 unspecified atom stereocenters. The van der Waals surface area contributed by atoms with Crippen LogP contribution in [0.3, 0.4) is 0 Å². The van der Waals surface area contributed by atoms with Crippen LogP contribution in [-0.2, 0) is 9.59 Å². The first-order chi connectivity index (χ1) is 11.3. The number of likely N-dealkylation sites (tertiary alicyclic amines) is 1. The fourth-order valence-corrected chi connectivity index (χ4v) is 7.54. The van der Waals surface area contributed by atoms with Crippen LogP contribution < -0.4 is 34.7 Å². The quantitative estimate of drug-likeness (QED) is 0.580. The molecule has 4 rings (SSSR count). The maximum atomic E-state index is 12.2. The van der Waals surface area contributed by atoms with E-state index in [1.54, 1.807) is 0 Å². The number of hydrogen-bond acceptors (Lipinski definition) is 3. The van der Waals surface area contributed by atoms with Crippen molar-refractivity contribution in [3.8, 4) is 0 Å². The predicted octanol–water partition coefficient (Wildman–Crippen LogP) is -0.780. The van der Waals surface area contributed by atoms with Gasteiger partial charge in [-0.05, 0) is 73.5 Å². The Morgan fingerprint density at radius 2 is 1.72 bits per heavy atom. The van der Waals surface area contributed by atoms with Crippen LogP contribution in [0.5, 0.6) is 0 Å². The SMILES string of the molecule is CN1C(=O)CC[C@@]2(C)C1CC[C@H]1[C@@H]3CC[C@H](C(=O)[O-])[C@@]3(C)CC[C@@H]12.[Na+]. The number of carbonyl (C=O) groups is 2. The fourth-order valence-electron chi connectivity index (χ4n) is 7.54. The number of fused-ring (bicyclic) bond motifs is 5. The number of carboxylic acids is 1. The van der Waals surface area contributed by atoms with Crippen molar-refractivity contribution < 1.29 is 44.3 Å². The standard InChI is InChI=1S/C20H31NO3.Na/c1-19-10-8-14-12(13(19)5-6-15(19)18(23)24)4-7-16-20(14,2)11-9-17(22)21(16)3;/h12-16H,4-11H2,1-3H3,(H,23,24);/q;+1/p-1/t12-,13-,14-,15+,16?,19-,20+;/m0./s1. The topological polar surface area (TPSA) is 60.4 Å². The molecule has 134 valence electrons. The Balaban J connectivity index is 0.00000182. The average molecular weight is 355 g/mol. The summed E-state index contributed by atoms with van der Waals surface area (Å²) >= 11 is 0. The smallest absolute Gasteiger partial charge is 0.550 e. The average Bonchev–Trinajstić information content (AvgIpc) is 2.89. The van der Waals surface area contributed by atoms with E-state index >= 15 is 0 Å². The molecule has 1 aliphatic heterocycles. The van der Waals surface area contributed by atoms with Crippen molar-refractivity contribution in [2.75, 3.05) is 7.05 Å². The molecule has 0 radical (unpaired) electrons. The molecule has 0 bridgehead atoms. The van der Waals surface area contributed by atoms with Crippen molar-refractivity contribution in [1.82, 2.24) is 4.90 Å². The number of carbonyl (C=O) groups excluding carboxylic acids is 2. The molecule has 0 aromatic rings. The number of nitrogens with zero attached hydrogens (tertiary/aromatic N) is 1. The molecule has 1 saturated heterocycles. The number of aliphatic carboxylic acids is 1. The number of rotatable bonds is 1. The van der Waals surface area contributed by atoms with E-state index in [4.69, 9.17) is 0 Å². The van der Waals surface area contributed by atoms with Gasteiger partial charge in [-0.2, -0.15) is 0 Å². The van der Waals surface area contributed by atoms with Crippen LogP contribution in [-0.4, -0.2) is 29.9 Å². The maximum absolute atomic E-state index is 12.2. The summed E-state index contributed by atoms with van der Waals surface area (Å²) in [6, 6.07) is 0.377. The summed E-state index contributed by atoms with van der Waals surface area (Å²) in [4.78, 5) is 25.8. The van der Waals surface area contributed by atoms with Gasteiger partial charge in [-0.3, -0.25) is 4.79 Å². The molecule has 1 heterocycles. The second kappa shape index (κ2) is 6.53. The van der Waals surface area contributed by atoms with Crippen LogP contribution in [0.2, 0.25) is 0 Å². The first-order valence-corrected chi connectivity index (χ1v) is 9.75. The molecular formula is C20H30NNaO3. The van der Waals surface area contributed by atoms with Crippen LogP contribution >= 0.6 is 0 Å². The summed E-state index contributed by atoms with van der Waals surface area (Å²) < 4.78 is 0. The largest absolute Gasteiger partial charge is 1.00 e. The Morgan fingerprint density at radius 1 is 1.04 bits per heavy atom. The molecule has 3 aliphatic carbocycles. The minimum atomic E-state index is -0.832. The molecule has 1 amide bonds. The van der Waals surface area contributed by atoms with Crippen LogP contribution in [0.25, 0.3) is 0 Å². The Hall–Kier alpha value is -0.0600. The second-order valence-electron chi connectivity index (χ2n) is 9.47. The molecular weight excluding hydrogens is 325 g/mol. The minimum absolute atomic E-state index is 0. The predicted molar refractivity (Wildman–Crippen MR) is 88.7 cm³/mol. The van der Waals surface area contributed by atoms with Gasteiger partial charge in [0.15, 0.2) is 0 Å². The normalized spacial score (nSPS) is 48.8. The van der Waals surface area contributed by atoms with E-state index in [1.165, 1.54) is 0 Å². The van der Waals surface area contributed by atoms with Crippen molar-refractivity contribution >= 4 is 11.9 Å². The van der Waals surface area contributed by atoms with Gasteiger partial charge in [-0.25, -0.2) is 0 Å². The summed E-state index contributed by atoms with van der Waals surface area (Å²) in [6.07, 6.45) is 7.90. The molecule has 4 fully saturated rings. The van der Waals surface area contributed by atoms with E-state index in [0.717, 1.165) is 44.9 Å². The van der Waals surface area contributed by atoms with E-state index in [0.29, 0.717) is 36.1 Å². The van der Waals surface area contributed by atoms with Gasteiger partial charge in [0.25, 0.3) is 0 Å². The number of hydrogen-bond donors (Lipinski definition) is 0. The summed E-state index contributed by atoms with van der Waals surface area (Å²) in [7, 11) is 1.99. The number of piperidine rings is 1. The number of amides is 1. The van der Waals surface area contributed by atoms with Crippen LogP contribution in [0.1, 0.15) is 65.2 Å². The van der Waals surface area contributed by atoms with Crippen molar-refractivity contribution in [1.29, 1.82) is 0 Å². The van der Waals surface area contributed by atoms with E-state index in [9.17, 15) is 14.7 Å². The molecule has 0 N–H and O–H groups in total. The van der Waals surface area contributed by atoms with Crippen molar-refractivity contribution in [3.05, 3.63) is 0 Å². The van der Waals surface area contributed by atoms with E-state index in [1.807, 2.05) is 11.9 Å². The molecule has 4 nitrogen and oxygen atoms in total. The Labute approximate surface area is 173 Å². The van der Waals surface area contributed by atoms with E-state index < -0.39 is 5.97 Å². The summed E-state index contributed by atoms with van der Waals surface area (Å²) in [5, 5.41) is 11.6. The molecule has 7 atom stereocenters. The van der Waals surface area contributed by atoms with Gasteiger partial charge < -0.3 is 14.8 Å². The van der Waals surface area contributed by atoms with Crippen LogP contribution in [0.4, 0.5) is 0 Å². The molecule has 5 heteroatoms. The van der Waals surface area contributed by atoms with E-state index in [2.05, 4.69) is 13.8 Å². The van der Waals surface area contributed by atoms with Gasteiger partial charge in [0.2, 0.25) is 5.91 Å². The Bertz CT molecular complexity index is 581. The van der Waals surface area contributed by atoms with Gasteiger partial charge in [0, 0.05) is 31.4 Å². The summed E-state index contributed by atoms with van der Waals surface area (Å²) in [5.74, 6) is 1.02. The van der Waals surface area contributed by atoms with Gasteiger partial charge in [0.05, 0.1) is 0 Å². The summed E-state index contributed by atoms with van der Waals surface area (Å²) in [5.41, 5.74) is 0.145. The first kappa shape index (κ1) is 19.7. The molecule has 0 aromatic carbocycles. The molecule has 25 heavy (non-hydrogen) atoms. The van der Waals surface area contributed by atoms with Gasteiger partial charge in [0.1, 0.15) is 0 Å². The van der Waals surface area contributed by atoms with Crippen molar-refractivity contribution in [2.24, 2.45) is 34.5 Å². The second-order valence-corrected chi connectivity index (χ2v) is 9.47. The zero-order chi connectivity index (χ0) is 17.3.